The smallest absolute Gasteiger partial charge is 0.437 e. The van der Waals surface area contributed by atoms with Crippen LogP contribution in [0.3, 0.4) is 0 Å². The summed E-state index contributed by atoms with van der Waals surface area (Å²) in [5.74, 6) is -0.276. The van der Waals surface area contributed by atoms with Gasteiger partial charge in [-0.2, -0.15) is 0 Å². The molecule has 1 aliphatic carbocycles. The quantitative estimate of drug-likeness (QED) is 0.457. The molecular weight excluding hydrogens is 486 g/mol. The predicted molar refractivity (Wildman–Crippen MR) is 131 cm³/mol. The fourth-order valence-corrected chi connectivity index (χ4v) is 5.00. The lowest BCUT2D eigenvalue weighted by Gasteiger charge is -2.20. The minimum absolute atomic E-state index is 0.0355. The molecular formula is C25H31N3O7S. The molecule has 0 bridgehead atoms. The molecule has 2 amide bonds. The van der Waals surface area contributed by atoms with Crippen LogP contribution in [0.2, 0.25) is 0 Å². The number of nitrogens with zero attached hydrogens (tertiary/aromatic N) is 1. The van der Waals surface area contributed by atoms with Gasteiger partial charge in [-0.25, -0.2) is 22.9 Å². The number of benzene rings is 1. The summed E-state index contributed by atoms with van der Waals surface area (Å²) in [5, 5.41) is 2.92. The maximum atomic E-state index is 12.6. The first-order valence-electron chi connectivity index (χ1n) is 11.9. The number of aromatic nitrogens is 1. The minimum Gasteiger partial charge on any atom is -0.437 e. The highest BCUT2D eigenvalue weighted by atomic mass is 32.2. The van der Waals surface area contributed by atoms with Crippen molar-refractivity contribution in [3.05, 3.63) is 53.7 Å². The molecule has 1 aromatic heterocycles. The number of hydrogen-bond donors (Lipinski definition) is 2. The van der Waals surface area contributed by atoms with Crippen molar-refractivity contribution in [1.82, 2.24) is 15.0 Å². The van der Waals surface area contributed by atoms with Crippen LogP contribution in [-0.2, 0) is 26.0 Å². The fourth-order valence-electron chi connectivity index (χ4n) is 4.02. The van der Waals surface area contributed by atoms with Gasteiger partial charge in [-0.3, -0.25) is 9.59 Å². The molecule has 0 unspecified atom stereocenters. The van der Waals surface area contributed by atoms with Crippen molar-refractivity contribution in [3.8, 4) is 5.88 Å². The number of carbonyl (C=O) groups is 3. The summed E-state index contributed by atoms with van der Waals surface area (Å²) in [7, 11) is -2.97. The van der Waals surface area contributed by atoms with Gasteiger partial charge in [0.15, 0.2) is 0 Å². The zero-order valence-electron chi connectivity index (χ0n) is 20.2. The molecule has 0 aliphatic heterocycles. The molecule has 1 aliphatic rings. The summed E-state index contributed by atoms with van der Waals surface area (Å²) in [5.41, 5.74) is 0.824. The van der Waals surface area contributed by atoms with Gasteiger partial charge < -0.3 is 14.8 Å². The normalized spacial score (nSPS) is 14.0. The average Bonchev–Trinajstić information content (AvgIpc) is 2.88. The summed E-state index contributed by atoms with van der Waals surface area (Å²) < 4.78 is 36.2. The summed E-state index contributed by atoms with van der Waals surface area (Å²) in [4.78, 5) is 39.2. The molecule has 0 radical (unpaired) electrons. The van der Waals surface area contributed by atoms with E-state index in [1.807, 2.05) is 4.72 Å². The summed E-state index contributed by atoms with van der Waals surface area (Å²) in [6, 6.07) is 8.61. The van der Waals surface area contributed by atoms with Crippen LogP contribution in [0.15, 0.2) is 47.5 Å². The number of nitrogens with one attached hydrogen (secondary N) is 2. The number of rotatable bonds is 10. The predicted octanol–water partition coefficient (Wildman–Crippen LogP) is 3.36. The highest BCUT2D eigenvalue weighted by molar-refractivity contribution is 7.90. The Labute approximate surface area is 210 Å². The van der Waals surface area contributed by atoms with Crippen molar-refractivity contribution in [2.24, 2.45) is 5.92 Å². The molecule has 2 aromatic rings. The van der Waals surface area contributed by atoms with Gasteiger partial charge in [-0.05, 0) is 42.5 Å². The Morgan fingerprint density at radius 1 is 1.03 bits per heavy atom. The van der Waals surface area contributed by atoms with Crippen LogP contribution in [0.25, 0.3) is 0 Å². The molecule has 0 spiro atoms. The Bertz CT molecular complexity index is 1140. The standard InChI is InChI=1S/C25H31N3O7S/c1-34-25(31)35-23-14-10-20(17-27-23)24(30)28-36(32,33)21-11-7-19(8-12-21)15-16-26-22(29)13-9-18-5-3-2-4-6-18/h7-8,10-12,14,17-18H,2-6,9,13,15-16H2,1H3,(H,26,29)(H,28,30). The van der Waals surface area contributed by atoms with E-state index < -0.39 is 22.1 Å². The van der Waals surface area contributed by atoms with Crippen LogP contribution in [0.5, 0.6) is 5.88 Å². The van der Waals surface area contributed by atoms with Crippen molar-refractivity contribution in [2.45, 2.75) is 56.3 Å². The molecule has 2 N–H and O–H groups in total. The Kier molecular flexibility index (Phi) is 9.80. The summed E-state index contributed by atoms with van der Waals surface area (Å²) in [6.45, 7) is 0.467. The molecule has 0 atom stereocenters. The van der Waals surface area contributed by atoms with Crippen molar-refractivity contribution in [1.29, 1.82) is 0 Å². The third-order valence-corrected chi connectivity index (χ3v) is 7.40. The minimum atomic E-state index is -4.11. The zero-order valence-corrected chi connectivity index (χ0v) is 21.0. The van der Waals surface area contributed by atoms with E-state index in [9.17, 15) is 22.8 Å². The number of methoxy groups -OCH3 is 1. The van der Waals surface area contributed by atoms with Crippen LogP contribution >= 0.6 is 0 Å². The molecule has 0 saturated heterocycles. The molecule has 1 heterocycles. The van der Waals surface area contributed by atoms with E-state index in [2.05, 4.69) is 15.0 Å². The lowest BCUT2D eigenvalue weighted by molar-refractivity contribution is -0.121. The first-order chi connectivity index (χ1) is 17.3. The number of hydrogen-bond acceptors (Lipinski definition) is 8. The Morgan fingerprint density at radius 2 is 1.75 bits per heavy atom. The maximum Gasteiger partial charge on any atom is 0.514 e. The Balaban J connectivity index is 1.45. The summed E-state index contributed by atoms with van der Waals surface area (Å²) >= 11 is 0. The van der Waals surface area contributed by atoms with Crippen LogP contribution in [0, 0.1) is 5.92 Å². The maximum absolute atomic E-state index is 12.6. The largest absolute Gasteiger partial charge is 0.514 e. The van der Waals surface area contributed by atoms with Crippen molar-refractivity contribution >= 4 is 28.0 Å². The van der Waals surface area contributed by atoms with Gasteiger partial charge in [-0.1, -0.05) is 44.2 Å². The molecule has 3 rings (SSSR count). The third kappa shape index (κ3) is 8.33. The molecule has 194 valence electrons. The van der Waals surface area contributed by atoms with Gasteiger partial charge in [0.1, 0.15) is 0 Å². The van der Waals surface area contributed by atoms with E-state index >= 15 is 0 Å². The number of carbonyl (C=O) groups excluding carboxylic acids is 3. The van der Waals surface area contributed by atoms with Gasteiger partial charge in [-0.15, -0.1) is 0 Å². The lowest BCUT2D eigenvalue weighted by atomic mass is 9.86. The van der Waals surface area contributed by atoms with E-state index in [0.29, 0.717) is 25.3 Å². The van der Waals surface area contributed by atoms with Crippen LogP contribution in [-0.4, -0.2) is 45.0 Å². The second-order valence-electron chi connectivity index (χ2n) is 8.66. The molecule has 1 aromatic carbocycles. The summed E-state index contributed by atoms with van der Waals surface area (Å²) in [6.07, 6.45) is 8.42. The fraction of sp³-hybridized carbons (Fsp3) is 0.440. The van der Waals surface area contributed by atoms with Gasteiger partial charge in [0, 0.05) is 25.2 Å². The monoisotopic (exact) mass is 517 g/mol. The molecule has 1 saturated carbocycles. The van der Waals surface area contributed by atoms with Gasteiger partial charge in [0.05, 0.1) is 17.6 Å². The van der Waals surface area contributed by atoms with E-state index in [1.54, 1.807) is 12.1 Å². The number of ether oxygens (including phenoxy) is 2. The first-order valence-corrected chi connectivity index (χ1v) is 13.4. The number of sulfonamides is 1. The van der Waals surface area contributed by atoms with E-state index in [1.165, 1.54) is 56.4 Å². The topological polar surface area (TPSA) is 141 Å². The SMILES string of the molecule is COC(=O)Oc1ccc(C(=O)NS(=O)(=O)c2ccc(CCNC(=O)CCC3CCCCC3)cc2)cn1. The van der Waals surface area contributed by atoms with Crippen molar-refractivity contribution in [3.63, 3.8) is 0 Å². The lowest BCUT2D eigenvalue weighted by Crippen LogP contribution is -2.30. The number of pyridine rings is 1. The van der Waals surface area contributed by atoms with E-state index in [-0.39, 0.29) is 22.2 Å². The highest BCUT2D eigenvalue weighted by Gasteiger charge is 2.19. The van der Waals surface area contributed by atoms with Gasteiger partial charge >= 0.3 is 6.16 Å². The van der Waals surface area contributed by atoms with Crippen molar-refractivity contribution < 1.29 is 32.3 Å². The highest BCUT2D eigenvalue weighted by Crippen LogP contribution is 2.27. The second-order valence-corrected chi connectivity index (χ2v) is 10.3. The Hall–Kier alpha value is -3.47. The molecule has 11 heteroatoms. The van der Waals surface area contributed by atoms with Crippen LogP contribution in [0.1, 0.15) is 60.9 Å². The average molecular weight is 518 g/mol. The Morgan fingerprint density at radius 3 is 2.39 bits per heavy atom. The van der Waals surface area contributed by atoms with Crippen molar-refractivity contribution in [2.75, 3.05) is 13.7 Å². The zero-order chi connectivity index (χ0) is 26.0. The van der Waals surface area contributed by atoms with Crippen LogP contribution < -0.4 is 14.8 Å². The second kappa shape index (κ2) is 13.0. The van der Waals surface area contributed by atoms with Gasteiger partial charge in [0.25, 0.3) is 15.9 Å². The van der Waals surface area contributed by atoms with Crippen LogP contribution in [0.4, 0.5) is 4.79 Å². The molecule has 36 heavy (non-hydrogen) atoms. The number of amides is 2. The molecule has 1 fully saturated rings. The first kappa shape index (κ1) is 27.1. The van der Waals surface area contributed by atoms with E-state index in [0.717, 1.165) is 25.3 Å². The van der Waals surface area contributed by atoms with E-state index in [4.69, 9.17) is 4.74 Å². The van der Waals surface area contributed by atoms with Gasteiger partial charge in [0.2, 0.25) is 11.8 Å². The molecule has 10 nitrogen and oxygen atoms in total. The third-order valence-electron chi connectivity index (χ3n) is 6.05.